The highest BCUT2D eigenvalue weighted by atomic mass is 16.2. The number of hydrogen-bond acceptors (Lipinski definition) is 3. The normalized spacial score (nSPS) is 19.0. The summed E-state index contributed by atoms with van der Waals surface area (Å²) >= 11 is 0. The molecule has 0 unspecified atom stereocenters. The van der Waals surface area contributed by atoms with Gasteiger partial charge in [0.05, 0.1) is 6.04 Å². The topological polar surface area (TPSA) is 57.7 Å². The molecule has 1 aromatic carbocycles. The second-order valence-electron chi connectivity index (χ2n) is 5.60. The zero-order valence-corrected chi connectivity index (χ0v) is 11.8. The van der Waals surface area contributed by atoms with Crippen LogP contribution in [0.4, 0.5) is 0 Å². The van der Waals surface area contributed by atoms with Crippen LogP contribution in [0.3, 0.4) is 0 Å². The Morgan fingerprint density at radius 1 is 1.05 bits per heavy atom. The molecule has 0 radical (unpaired) electrons. The predicted molar refractivity (Wildman–Crippen MR) is 76.2 cm³/mol. The van der Waals surface area contributed by atoms with Crippen molar-refractivity contribution in [3.63, 3.8) is 0 Å². The molecule has 21 heavy (non-hydrogen) atoms. The third kappa shape index (κ3) is 2.82. The number of nitrogens with zero attached hydrogens (tertiary/aromatic N) is 2. The Balaban J connectivity index is 1.46. The SMILES string of the molecule is O=C(CCc1ccccc1)N1CC(N2C(=O)CCC2=O)C1. The number of amides is 3. The number of benzene rings is 1. The minimum absolute atomic E-state index is 0.0918. The summed E-state index contributed by atoms with van der Waals surface area (Å²) in [5, 5.41) is 0. The van der Waals surface area contributed by atoms with E-state index >= 15 is 0 Å². The molecule has 3 rings (SSSR count). The molecule has 2 heterocycles. The number of likely N-dealkylation sites (tertiary alicyclic amines) is 2. The van der Waals surface area contributed by atoms with Crippen LogP contribution in [0.25, 0.3) is 0 Å². The van der Waals surface area contributed by atoms with E-state index in [1.807, 2.05) is 30.3 Å². The molecule has 3 amide bonds. The van der Waals surface area contributed by atoms with E-state index in [-0.39, 0.29) is 23.8 Å². The Hall–Kier alpha value is -2.17. The first-order valence-corrected chi connectivity index (χ1v) is 7.32. The van der Waals surface area contributed by atoms with Crippen LogP contribution in [-0.4, -0.2) is 46.7 Å². The summed E-state index contributed by atoms with van der Waals surface area (Å²) in [7, 11) is 0. The summed E-state index contributed by atoms with van der Waals surface area (Å²) in [6.07, 6.45) is 1.83. The summed E-state index contributed by atoms with van der Waals surface area (Å²) in [4.78, 5) is 38.4. The van der Waals surface area contributed by atoms with E-state index in [1.54, 1.807) is 4.90 Å². The number of carbonyl (C=O) groups is 3. The van der Waals surface area contributed by atoms with Crippen LogP contribution in [0, 0.1) is 0 Å². The lowest BCUT2D eigenvalue weighted by Gasteiger charge is -2.43. The van der Waals surface area contributed by atoms with Crippen LogP contribution < -0.4 is 0 Å². The van der Waals surface area contributed by atoms with E-state index in [0.717, 1.165) is 12.0 Å². The molecular formula is C16H18N2O3. The first-order valence-electron chi connectivity index (χ1n) is 7.32. The predicted octanol–water partition coefficient (Wildman–Crippen LogP) is 0.979. The van der Waals surface area contributed by atoms with Crippen molar-refractivity contribution < 1.29 is 14.4 Å². The smallest absolute Gasteiger partial charge is 0.230 e. The van der Waals surface area contributed by atoms with Gasteiger partial charge in [-0.3, -0.25) is 19.3 Å². The summed E-state index contributed by atoms with van der Waals surface area (Å²) in [6, 6.07) is 9.79. The largest absolute Gasteiger partial charge is 0.338 e. The van der Waals surface area contributed by atoms with Crippen molar-refractivity contribution in [3.8, 4) is 0 Å². The number of carbonyl (C=O) groups excluding carboxylic acids is 3. The highest BCUT2D eigenvalue weighted by molar-refractivity contribution is 6.02. The number of rotatable bonds is 4. The van der Waals surface area contributed by atoms with Gasteiger partial charge in [0.2, 0.25) is 17.7 Å². The average Bonchev–Trinajstić information content (AvgIpc) is 2.77. The maximum absolute atomic E-state index is 12.1. The zero-order valence-electron chi connectivity index (χ0n) is 11.8. The van der Waals surface area contributed by atoms with E-state index < -0.39 is 0 Å². The van der Waals surface area contributed by atoms with Crippen molar-refractivity contribution in [1.82, 2.24) is 9.80 Å². The van der Waals surface area contributed by atoms with Crippen molar-refractivity contribution >= 4 is 17.7 Å². The van der Waals surface area contributed by atoms with E-state index in [4.69, 9.17) is 0 Å². The summed E-state index contributed by atoms with van der Waals surface area (Å²) in [5.41, 5.74) is 1.15. The van der Waals surface area contributed by atoms with Crippen LogP contribution in [0.1, 0.15) is 24.8 Å². The Morgan fingerprint density at radius 3 is 2.29 bits per heavy atom. The maximum Gasteiger partial charge on any atom is 0.230 e. The summed E-state index contributed by atoms with van der Waals surface area (Å²) < 4.78 is 0. The highest BCUT2D eigenvalue weighted by Crippen LogP contribution is 2.23. The number of aryl methyl sites for hydroxylation is 1. The third-order valence-electron chi connectivity index (χ3n) is 4.14. The van der Waals surface area contributed by atoms with E-state index in [1.165, 1.54) is 4.90 Å². The van der Waals surface area contributed by atoms with Crippen LogP contribution >= 0.6 is 0 Å². The van der Waals surface area contributed by atoms with Gasteiger partial charge in [-0.25, -0.2) is 0 Å². The molecule has 0 spiro atoms. The second-order valence-corrected chi connectivity index (χ2v) is 5.60. The molecule has 0 aliphatic carbocycles. The molecule has 2 fully saturated rings. The van der Waals surface area contributed by atoms with E-state index in [2.05, 4.69) is 0 Å². The average molecular weight is 286 g/mol. The summed E-state index contributed by atoms with van der Waals surface area (Å²) in [5.74, 6) is -0.100. The number of hydrogen-bond donors (Lipinski definition) is 0. The molecule has 0 N–H and O–H groups in total. The van der Waals surface area contributed by atoms with Crippen molar-refractivity contribution in [2.45, 2.75) is 31.7 Å². The molecule has 0 atom stereocenters. The van der Waals surface area contributed by atoms with Gasteiger partial charge in [0.15, 0.2) is 0 Å². The maximum atomic E-state index is 12.1. The van der Waals surface area contributed by atoms with Crippen molar-refractivity contribution in [3.05, 3.63) is 35.9 Å². The van der Waals surface area contributed by atoms with Gasteiger partial charge >= 0.3 is 0 Å². The van der Waals surface area contributed by atoms with Crippen molar-refractivity contribution in [2.75, 3.05) is 13.1 Å². The second kappa shape index (κ2) is 5.68. The zero-order chi connectivity index (χ0) is 14.8. The van der Waals surface area contributed by atoms with Crippen LogP contribution in [0.15, 0.2) is 30.3 Å². The van der Waals surface area contributed by atoms with E-state index in [0.29, 0.717) is 32.4 Å². The highest BCUT2D eigenvalue weighted by Gasteiger charge is 2.42. The van der Waals surface area contributed by atoms with Gasteiger partial charge in [0.25, 0.3) is 0 Å². The molecule has 110 valence electrons. The van der Waals surface area contributed by atoms with Gasteiger partial charge in [-0.1, -0.05) is 30.3 Å². The van der Waals surface area contributed by atoms with Crippen LogP contribution in [0.5, 0.6) is 0 Å². The quantitative estimate of drug-likeness (QED) is 0.775. The molecule has 2 aliphatic heterocycles. The Kier molecular flexibility index (Phi) is 3.73. The third-order valence-corrected chi connectivity index (χ3v) is 4.14. The standard InChI is InChI=1S/C16H18N2O3/c19-14(7-6-12-4-2-1-3-5-12)17-10-13(11-17)18-15(20)8-9-16(18)21/h1-5,13H,6-11H2. The molecule has 0 saturated carbocycles. The Bertz CT molecular complexity index is 548. The fourth-order valence-corrected chi connectivity index (χ4v) is 2.88. The van der Waals surface area contributed by atoms with Gasteiger partial charge in [0.1, 0.15) is 0 Å². The lowest BCUT2D eigenvalue weighted by atomic mass is 10.0. The van der Waals surface area contributed by atoms with Gasteiger partial charge < -0.3 is 4.90 Å². The first-order chi connectivity index (χ1) is 10.1. The first kappa shape index (κ1) is 13.8. The van der Waals surface area contributed by atoms with Crippen molar-refractivity contribution in [2.24, 2.45) is 0 Å². The van der Waals surface area contributed by atoms with E-state index in [9.17, 15) is 14.4 Å². The summed E-state index contributed by atoms with van der Waals surface area (Å²) in [6.45, 7) is 0.982. The minimum Gasteiger partial charge on any atom is -0.338 e. The van der Waals surface area contributed by atoms with Crippen LogP contribution in [-0.2, 0) is 20.8 Å². The minimum atomic E-state index is -0.104. The molecule has 0 aromatic heterocycles. The number of imide groups is 1. The van der Waals surface area contributed by atoms with Crippen molar-refractivity contribution in [1.29, 1.82) is 0 Å². The molecule has 5 nitrogen and oxygen atoms in total. The molecule has 2 aliphatic rings. The Labute approximate surface area is 123 Å². The lowest BCUT2D eigenvalue weighted by Crippen LogP contribution is -2.62. The van der Waals surface area contributed by atoms with Crippen LogP contribution in [0.2, 0.25) is 0 Å². The fourth-order valence-electron chi connectivity index (χ4n) is 2.88. The van der Waals surface area contributed by atoms with Gasteiger partial charge in [-0.15, -0.1) is 0 Å². The lowest BCUT2D eigenvalue weighted by molar-refractivity contribution is -0.151. The fraction of sp³-hybridized carbons (Fsp3) is 0.438. The van der Waals surface area contributed by atoms with Gasteiger partial charge in [-0.05, 0) is 12.0 Å². The van der Waals surface area contributed by atoms with Gasteiger partial charge in [0, 0.05) is 32.4 Å². The Morgan fingerprint density at radius 2 is 1.67 bits per heavy atom. The monoisotopic (exact) mass is 286 g/mol. The molecule has 1 aromatic rings. The molecule has 0 bridgehead atoms. The molecule has 2 saturated heterocycles. The van der Waals surface area contributed by atoms with Gasteiger partial charge in [-0.2, -0.15) is 0 Å². The molecule has 5 heteroatoms. The molecular weight excluding hydrogens is 268 g/mol.